The molecule has 0 N–H and O–H groups in total. The van der Waals surface area contributed by atoms with Crippen molar-refractivity contribution in [2.45, 2.75) is 32.1 Å². The Bertz CT molecular complexity index is 544. The molecule has 0 saturated carbocycles. The molecule has 1 aromatic carbocycles. The Morgan fingerprint density at radius 1 is 1.10 bits per heavy atom. The molecule has 0 aliphatic heterocycles. The van der Waals surface area contributed by atoms with Crippen LogP contribution in [0.3, 0.4) is 0 Å². The van der Waals surface area contributed by atoms with Gasteiger partial charge in [-0.05, 0) is 32.3 Å². The van der Waals surface area contributed by atoms with Crippen LogP contribution in [0.5, 0.6) is 0 Å². The fraction of sp³-hybridized carbons (Fsp3) is 0.438. The van der Waals surface area contributed by atoms with E-state index in [0.717, 1.165) is 23.5 Å². The molecule has 0 atom stereocenters. The van der Waals surface area contributed by atoms with E-state index < -0.39 is 0 Å². The second-order valence-electron chi connectivity index (χ2n) is 5.27. The zero-order valence-corrected chi connectivity index (χ0v) is 15.8. The van der Waals surface area contributed by atoms with Crippen molar-refractivity contribution in [1.29, 1.82) is 0 Å². The Hall–Kier alpha value is -0.190. The quantitative estimate of drug-likeness (QED) is 0.572. The minimum atomic E-state index is 0.143. The number of rotatable bonds is 6. The van der Waals surface area contributed by atoms with Gasteiger partial charge in [-0.3, -0.25) is 0 Å². The molecule has 20 heavy (non-hydrogen) atoms. The van der Waals surface area contributed by atoms with Crippen LogP contribution in [-0.2, 0) is 11.8 Å². The van der Waals surface area contributed by atoms with Gasteiger partial charge in [0, 0.05) is 21.0 Å². The number of benzene rings is 1. The lowest BCUT2D eigenvalue weighted by atomic mass is 9.80. The summed E-state index contributed by atoms with van der Waals surface area (Å²) in [5.74, 6) is 0. The smallest absolute Gasteiger partial charge is 0.0797 e. The Labute approximate surface area is 142 Å². The van der Waals surface area contributed by atoms with Crippen molar-refractivity contribution in [3.8, 4) is 0 Å². The first-order chi connectivity index (χ1) is 9.61. The van der Waals surface area contributed by atoms with Crippen molar-refractivity contribution in [3.05, 3.63) is 51.5 Å². The first-order valence-electron chi connectivity index (χ1n) is 6.69. The Morgan fingerprint density at radius 2 is 1.75 bits per heavy atom. The van der Waals surface area contributed by atoms with Crippen molar-refractivity contribution in [1.82, 2.24) is 4.98 Å². The molecule has 0 unspecified atom stereocenters. The third kappa shape index (κ3) is 3.52. The third-order valence-corrected chi connectivity index (χ3v) is 6.99. The van der Waals surface area contributed by atoms with Crippen LogP contribution in [0.2, 0.25) is 0 Å². The summed E-state index contributed by atoms with van der Waals surface area (Å²) >= 11 is 9.23. The number of alkyl halides is 2. The van der Waals surface area contributed by atoms with Crippen molar-refractivity contribution < 1.29 is 0 Å². The van der Waals surface area contributed by atoms with E-state index in [9.17, 15) is 0 Å². The van der Waals surface area contributed by atoms with Crippen molar-refractivity contribution >= 4 is 43.2 Å². The highest BCUT2D eigenvalue weighted by atomic mass is 79.9. The average molecular weight is 417 g/mol. The lowest BCUT2D eigenvalue weighted by Crippen LogP contribution is -2.31. The molecule has 1 aromatic heterocycles. The van der Waals surface area contributed by atoms with E-state index in [-0.39, 0.29) is 5.41 Å². The second kappa shape index (κ2) is 7.19. The van der Waals surface area contributed by atoms with Gasteiger partial charge in [0.2, 0.25) is 0 Å². The Kier molecular flexibility index (Phi) is 5.82. The van der Waals surface area contributed by atoms with Gasteiger partial charge >= 0.3 is 0 Å². The Balaban J connectivity index is 2.21. The molecular weight excluding hydrogens is 398 g/mol. The van der Waals surface area contributed by atoms with E-state index in [1.165, 1.54) is 21.7 Å². The summed E-state index contributed by atoms with van der Waals surface area (Å²) in [6.07, 6.45) is 2.21. The fourth-order valence-corrected chi connectivity index (χ4v) is 5.21. The summed E-state index contributed by atoms with van der Waals surface area (Å²) in [5.41, 5.74) is 5.98. The maximum atomic E-state index is 4.35. The first-order valence-corrected chi connectivity index (χ1v) is 9.81. The van der Waals surface area contributed by atoms with Gasteiger partial charge in [0.25, 0.3) is 0 Å². The zero-order valence-electron chi connectivity index (χ0n) is 11.8. The van der Waals surface area contributed by atoms with Crippen LogP contribution in [0, 0.1) is 13.8 Å². The Morgan fingerprint density at radius 3 is 2.25 bits per heavy atom. The van der Waals surface area contributed by atoms with Gasteiger partial charge < -0.3 is 0 Å². The molecule has 0 amide bonds. The molecule has 2 rings (SSSR count). The van der Waals surface area contributed by atoms with Crippen molar-refractivity contribution in [2.24, 2.45) is 0 Å². The number of nitrogens with zero attached hydrogens (tertiary/aromatic N) is 1. The molecule has 4 heteroatoms. The molecule has 0 radical (unpaired) electrons. The third-order valence-electron chi connectivity index (χ3n) is 3.85. The summed E-state index contributed by atoms with van der Waals surface area (Å²) in [4.78, 5) is 5.75. The predicted molar refractivity (Wildman–Crippen MR) is 95.6 cm³/mol. The van der Waals surface area contributed by atoms with Gasteiger partial charge in [0.15, 0.2) is 0 Å². The predicted octanol–water partition coefficient (Wildman–Crippen LogP) is 5.42. The highest BCUT2D eigenvalue weighted by molar-refractivity contribution is 9.09. The normalized spacial score (nSPS) is 11.8. The van der Waals surface area contributed by atoms with E-state index in [1.54, 1.807) is 11.3 Å². The van der Waals surface area contributed by atoms with Crippen LogP contribution >= 0.6 is 43.2 Å². The largest absolute Gasteiger partial charge is 0.250 e. The zero-order chi connectivity index (χ0) is 14.6. The molecule has 1 nitrogen and oxygen atoms in total. The summed E-state index contributed by atoms with van der Waals surface area (Å²) in [5, 5.41) is 1.93. The summed E-state index contributed by atoms with van der Waals surface area (Å²) in [6, 6.07) is 8.93. The molecule has 108 valence electrons. The number of aryl methyl sites for hydroxylation is 3. The second-order valence-corrected chi connectivity index (χ2v) is 7.34. The molecule has 0 aliphatic rings. The SMILES string of the molecule is Cc1ccc(C(CBr)(CBr)CCc2scnc2C)cc1. The van der Waals surface area contributed by atoms with Gasteiger partial charge in [0.1, 0.15) is 0 Å². The lowest BCUT2D eigenvalue weighted by molar-refractivity contribution is 0.506. The average Bonchev–Trinajstić information content (AvgIpc) is 2.88. The minimum absolute atomic E-state index is 0.143. The number of aromatic nitrogens is 1. The first kappa shape index (κ1) is 16.2. The molecule has 0 saturated heterocycles. The van der Waals surface area contributed by atoms with E-state index in [4.69, 9.17) is 0 Å². The topological polar surface area (TPSA) is 12.9 Å². The van der Waals surface area contributed by atoms with Crippen LogP contribution < -0.4 is 0 Å². The van der Waals surface area contributed by atoms with Gasteiger partial charge in [-0.25, -0.2) is 4.98 Å². The van der Waals surface area contributed by atoms with Gasteiger partial charge in [-0.15, -0.1) is 11.3 Å². The number of thiazole rings is 1. The van der Waals surface area contributed by atoms with Crippen LogP contribution in [0.1, 0.15) is 28.1 Å². The molecule has 0 bridgehead atoms. The van der Waals surface area contributed by atoms with Crippen LogP contribution in [0.15, 0.2) is 29.8 Å². The molecule has 2 aromatic rings. The number of hydrogen-bond donors (Lipinski definition) is 0. The number of halogens is 2. The molecule has 0 spiro atoms. The van der Waals surface area contributed by atoms with Gasteiger partial charge in [-0.1, -0.05) is 61.7 Å². The standard InChI is InChI=1S/C16H19Br2NS/c1-12-3-5-14(6-4-12)16(9-17,10-18)8-7-15-13(2)19-11-20-15/h3-6,11H,7-10H2,1-2H3. The van der Waals surface area contributed by atoms with E-state index in [2.05, 4.69) is 75.0 Å². The van der Waals surface area contributed by atoms with Gasteiger partial charge in [-0.2, -0.15) is 0 Å². The highest BCUT2D eigenvalue weighted by Crippen LogP contribution is 2.34. The lowest BCUT2D eigenvalue weighted by Gasteiger charge is -2.31. The van der Waals surface area contributed by atoms with Crippen LogP contribution in [0.4, 0.5) is 0 Å². The maximum absolute atomic E-state index is 4.35. The van der Waals surface area contributed by atoms with Gasteiger partial charge in [0.05, 0.1) is 11.2 Å². The minimum Gasteiger partial charge on any atom is -0.250 e. The van der Waals surface area contributed by atoms with E-state index in [1.807, 2.05) is 5.51 Å². The highest BCUT2D eigenvalue weighted by Gasteiger charge is 2.30. The van der Waals surface area contributed by atoms with Crippen molar-refractivity contribution in [2.75, 3.05) is 10.7 Å². The summed E-state index contributed by atoms with van der Waals surface area (Å²) in [7, 11) is 0. The maximum Gasteiger partial charge on any atom is 0.0797 e. The summed E-state index contributed by atoms with van der Waals surface area (Å²) < 4.78 is 0. The van der Waals surface area contributed by atoms with E-state index in [0.29, 0.717) is 0 Å². The monoisotopic (exact) mass is 415 g/mol. The van der Waals surface area contributed by atoms with E-state index >= 15 is 0 Å². The summed E-state index contributed by atoms with van der Waals surface area (Å²) in [6.45, 7) is 4.23. The molecule has 0 fully saturated rings. The van der Waals surface area contributed by atoms with Crippen LogP contribution in [0.25, 0.3) is 0 Å². The van der Waals surface area contributed by atoms with Crippen LogP contribution in [-0.4, -0.2) is 15.6 Å². The molecular formula is C16H19Br2NS. The number of hydrogen-bond acceptors (Lipinski definition) is 2. The molecule has 1 heterocycles. The van der Waals surface area contributed by atoms with Crippen molar-refractivity contribution in [3.63, 3.8) is 0 Å². The molecule has 0 aliphatic carbocycles. The fourth-order valence-electron chi connectivity index (χ4n) is 2.29.